The summed E-state index contributed by atoms with van der Waals surface area (Å²) >= 11 is 0. The molecule has 4 fully saturated rings. The molecule has 4 aliphatic rings. The van der Waals surface area contributed by atoms with Crippen LogP contribution in [-0.2, 0) is 9.53 Å². The molecule has 8 atom stereocenters. The van der Waals surface area contributed by atoms with Crippen molar-refractivity contribution in [2.24, 2.45) is 11.8 Å². The van der Waals surface area contributed by atoms with Crippen LogP contribution in [0.1, 0.15) is 78.1 Å². The van der Waals surface area contributed by atoms with E-state index in [1.54, 1.807) is 0 Å². The van der Waals surface area contributed by atoms with Gasteiger partial charge in [-0.25, -0.2) is 0 Å². The largest absolute Gasteiger partial charge is 0.364 e. The number of hydrogen-bond donors (Lipinski definition) is 5. The van der Waals surface area contributed by atoms with Gasteiger partial charge in [0.05, 0.1) is 6.10 Å². The molecule has 5 N–H and O–H groups in total. The normalized spacial score (nSPS) is 38.5. The lowest BCUT2D eigenvalue weighted by molar-refractivity contribution is -0.133. The lowest BCUT2D eigenvalue weighted by Crippen LogP contribution is -2.66. The zero-order chi connectivity index (χ0) is 24.6. The molecule has 3 saturated heterocycles. The second-order valence-electron chi connectivity index (χ2n) is 11.8. The van der Waals surface area contributed by atoms with Crippen LogP contribution in [0.5, 0.6) is 0 Å². The molecule has 0 aromatic rings. The molecule has 0 bridgehead atoms. The maximum atomic E-state index is 13.0. The number of nitrogens with one attached hydrogen (secondary N) is 5. The van der Waals surface area contributed by atoms with Gasteiger partial charge >= 0.3 is 0 Å². The van der Waals surface area contributed by atoms with Gasteiger partial charge in [0, 0.05) is 24.7 Å². The van der Waals surface area contributed by atoms with Gasteiger partial charge in [-0.3, -0.25) is 20.7 Å². The molecule has 0 aromatic carbocycles. The monoisotopic (exact) mass is 492 g/mol. The molecular formula is C27H52N6O2. The summed E-state index contributed by atoms with van der Waals surface area (Å²) in [5.74, 6) is 1.43. The van der Waals surface area contributed by atoms with Gasteiger partial charge < -0.3 is 20.3 Å². The zero-order valence-corrected chi connectivity index (χ0v) is 22.5. The number of nitrogens with zero attached hydrogens (tertiary/aromatic N) is 1. The number of carbonyl (C=O) groups excluding carboxylic acids is 1. The third-order valence-corrected chi connectivity index (χ3v) is 8.82. The minimum absolute atomic E-state index is 0.0980. The summed E-state index contributed by atoms with van der Waals surface area (Å²) in [5, 5.41) is 18.3. The Kier molecular flexibility index (Phi) is 10.7. The van der Waals surface area contributed by atoms with Crippen LogP contribution in [-0.4, -0.2) is 87.2 Å². The summed E-state index contributed by atoms with van der Waals surface area (Å²) in [6.45, 7) is 9.96. The number of hydrogen-bond acceptors (Lipinski definition) is 7. The van der Waals surface area contributed by atoms with Crippen molar-refractivity contribution in [3.05, 3.63) is 0 Å². The standard InChI is InChI=1S/C27H52N6O2/c1-4-5-15-33(3)18-22-10-11-25(35-22)26(34)30-21-9-8-19(2)24(16-21)32-27-29-14-12-23(31-27)20-7-6-13-28-17-20/h19-25,27-29,31-32H,4-18H2,1-3H3,(H,30,34). The number of likely N-dealkylation sites (N-methyl/N-ethyl adjacent to an activating group) is 1. The van der Waals surface area contributed by atoms with Crippen molar-refractivity contribution in [2.75, 3.05) is 39.8 Å². The average Bonchev–Trinajstić information content (AvgIpc) is 3.34. The van der Waals surface area contributed by atoms with Gasteiger partial charge in [0.25, 0.3) is 0 Å². The van der Waals surface area contributed by atoms with E-state index in [1.165, 1.54) is 38.6 Å². The Labute approximate surface area is 213 Å². The number of unbranched alkanes of at least 4 members (excludes halogenated alkanes) is 1. The van der Waals surface area contributed by atoms with Crippen LogP contribution in [0.2, 0.25) is 0 Å². The van der Waals surface area contributed by atoms with Crippen LogP contribution in [0.15, 0.2) is 0 Å². The van der Waals surface area contributed by atoms with Crippen molar-refractivity contribution in [2.45, 2.75) is 115 Å². The maximum absolute atomic E-state index is 13.0. The maximum Gasteiger partial charge on any atom is 0.249 e. The highest BCUT2D eigenvalue weighted by Gasteiger charge is 2.36. The molecule has 1 amide bonds. The Hall–Kier alpha value is -0.770. The molecule has 8 nitrogen and oxygen atoms in total. The summed E-state index contributed by atoms with van der Waals surface area (Å²) in [4.78, 5) is 15.4. The first-order chi connectivity index (χ1) is 17.0. The van der Waals surface area contributed by atoms with Crippen molar-refractivity contribution >= 4 is 5.91 Å². The number of amides is 1. The molecule has 202 valence electrons. The third kappa shape index (κ3) is 8.11. The first-order valence-electron chi connectivity index (χ1n) is 14.6. The number of rotatable bonds is 10. The molecule has 35 heavy (non-hydrogen) atoms. The van der Waals surface area contributed by atoms with Crippen molar-refractivity contribution in [1.82, 2.24) is 31.5 Å². The molecule has 0 spiro atoms. The average molecular weight is 493 g/mol. The molecule has 1 aliphatic carbocycles. The predicted octanol–water partition coefficient (Wildman–Crippen LogP) is 1.76. The molecule has 1 saturated carbocycles. The van der Waals surface area contributed by atoms with Gasteiger partial charge in [0.2, 0.25) is 5.91 Å². The minimum Gasteiger partial charge on any atom is -0.364 e. The topological polar surface area (TPSA) is 89.7 Å². The highest BCUT2D eigenvalue weighted by Crippen LogP contribution is 2.27. The van der Waals surface area contributed by atoms with E-state index in [1.807, 2.05) is 0 Å². The molecule has 0 radical (unpaired) electrons. The van der Waals surface area contributed by atoms with Gasteiger partial charge in [-0.1, -0.05) is 20.3 Å². The second kappa shape index (κ2) is 13.7. The van der Waals surface area contributed by atoms with Crippen LogP contribution in [0.3, 0.4) is 0 Å². The van der Waals surface area contributed by atoms with Crippen LogP contribution in [0.25, 0.3) is 0 Å². The molecule has 8 heteroatoms. The predicted molar refractivity (Wildman–Crippen MR) is 141 cm³/mol. The molecule has 3 aliphatic heterocycles. The first-order valence-corrected chi connectivity index (χ1v) is 14.6. The van der Waals surface area contributed by atoms with E-state index in [0.717, 1.165) is 64.2 Å². The fraction of sp³-hybridized carbons (Fsp3) is 0.963. The first kappa shape index (κ1) is 27.3. The fourth-order valence-corrected chi connectivity index (χ4v) is 6.53. The summed E-state index contributed by atoms with van der Waals surface area (Å²) in [5.41, 5.74) is 0. The van der Waals surface area contributed by atoms with E-state index in [4.69, 9.17) is 4.74 Å². The van der Waals surface area contributed by atoms with Crippen LogP contribution in [0, 0.1) is 11.8 Å². The Morgan fingerprint density at radius 3 is 2.80 bits per heavy atom. The number of piperidine rings is 1. The van der Waals surface area contributed by atoms with Gasteiger partial charge in [-0.2, -0.15) is 0 Å². The van der Waals surface area contributed by atoms with E-state index < -0.39 is 0 Å². The van der Waals surface area contributed by atoms with Crippen molar-refractivity contribution in [3.8, 4) is 0 Å². The van der Waals surface area contributed by atoms with Gasteiger partial charge in [0.15, 0.2) is 0 Å². The Morgan fingerprint density at radius 2 is 2.00 bits per heavy atom. The SMILES string of the molecule is CCCCN(C)CC1CCC(C(=O)NC2CCC(C)C(NC3NCCC(C4CCCNC4)N3)C2)O1. The van der Waals surface area contributed by atoms with E-state index in [0.29, 0.717) is 18.0 Å². The van der Waals surface area contributed by atoms with Crippen molar-refractivity contribution in [1.29, 1.82) is 0 Å². The van der Waals surface area contributed by atoms with Gasteiger partial charge in [-0.15, -0.1) is 0 Å². The zero-order valence-electron chi connectivity index (χ0n) is 22.5. The molecular weight excluding hydrogens is 440 g/mol. The molecule has 3 heterocycles. The molecule has 8 unspecified atom stereocenters. The van der Waals surface area contributed by atoms with Gasteiger partial charge in [0.1, 0.15) is 12.4 Å². The van der Waals surface area contributed by atoms with E-state index in [-0.39, 0.29) is 30.4 Å². The minimum atomic E-state index is -0.281. The highest BCUT2D eigenvalue weighted by molar-refractivity contribution is 5.81. The number of carbonyl (C=O) groups is 1. The smallest absolute Gasteiger partial charge is 0.249 e. The Morgan fingerprint density at radius 1 is 1.11 bits per heavy atom. The van der Waals surface area contributed by atoms with E-state index in [2.05, 4.69) is 52.4 Å². The fourth-order valence-electron chi connectivity index (χ4n) is 6.53. The van der Waals surface area contributed by atoms with Crippen LogP contribution >= 0.6 is 0 Å². The lowest BCUT2D eigenvalue weighted by Gasteiger charge is -2.42. The molecule has 4 rings (SSSR count). The van der Waals surface area contributed by atoms with E-state index in [9.17, 15) is 4.79 Å². The summed E-state index contributed by atoms with van der Waals surface area (Å²) in [7, 11) is 2.16. The summed E-state index contributed by atoms with van der Waals surface area (Å²) < 4.78 is 6.16. The van der Waals surface area contributed by atoms with Crippen LogP contribution in [0.4, 0.5) is 0 Å². The van der Waals surface area contributed by atoms with Crippen LogP contribution < -0.4 is 26.6 Å². The van der Waals surface area contributed by atoms with Crippen molar-refractivity contribution in [3.63, 3.8) is 0 Å². The summed E-state index contributed by atoms with van der Waals surface area (Å²) in [6, 6.07) is 1.20. The Bertz CT molecular complexity index is 645. The lowest BCUT2D eigenvalue weighted by atomic mass is 9.82. The quantitative estimate of drug-likeness (QED) is 0.318. The summed E-state index contributed by atoms with van der Waals surface area (Å²) in [6.07, 6.45) is 11.3. The van der Waals surface area contributed by atoms with Gasteiger partial charge in [-0.05, 0) is 103 Å². The second-order valence-corrected chi connectivity index (χ2v) is 11.8. The highest BCUT2D eigenvalue weighted by atomic mass is 16.5. The molecule has 0 aromatic heterocycles. The van der Waals surface area contributed by atoms with Crippen molar-refractivity contribution < 1.29 is 9.53 Å². The third-order valence-electron chi connectivity index (χ3n) is 8.82. The Balaban J connectivity index is 1.20. The van der Waals surface area contributed by atoms with E-state index >= 15 is 0 Å². The number of ether oxygens (including phenoxy) is 1.